The first kappa shape index (κ1) is 17.9. The van der Waals surface area contributed by atoms with Crippen LogP contribution in [0.25, 0.3) is 11.1 Å². The molecule has 2 aromatic rings. The van der Waals surface area contributed by atoms with Crippen LogP contribution in [0.3, 0.4) is 0 Å². The molecule has 0 aromatic heterocycles. The van der Waals surface area contributed by atoms with Crippen molar-refractivity contribution in [3.05, 3.63) is 70.2 Å². The second-order valence-electron chi connectivity index (χ2n) is 7.23. The number of hydrogen-bond acceptors (Lipinski definition) is 4. The van der Waals surface area contributed by atoms with Gasteiger partial charge in [-0.15, -0.1) is 0 Å². The van der Waals surface area contributed by atoms with E-state index in [-0.39, 0.29) is 11.5 Å². The van der Waals surface area contributed by atoms with Crippen LogP contribution in [0.15, 0.2) is 47.9 Å². The molecule has 0 radical (unpaired) electrons. The predicted octanol–water partition coefficient (Wildman–Crippen LogP) is 4.69. The van der Waals surface area contributed by atoms with Crippen LogP contribution < -0.4 is 9.80 Å². The highest BCUT2D eigenvalue weighted by Crippen LogP contribution is 2.46. The maximum Gasteiger partial charge on any atom is 0.138 e. The van der Waals surface area contributed by atoms with Crippen LogP contribution in [0.1, 0.15) is 22.3 Å². The smallest absolute Gasteiger partial charge is 0.138 e. The largest absolute Gasteiger partial charge is 0.506 e. The molecule has 1 aliphatic rings. The Hall–Kier alpha value is -2.88. The molecule has 3 rings (SSSR count). The summed E-state index contributed by atoms with van der Waals surface area (Å²) < 4.78 is 0. The minimum atomic E-state index is 0.156. The van der Waals surface area contributed by atoms with Gasteiger partial charge in [-0.1, -0.05) is 12.1 Å². The van der Waals surface area contributed by atoms with E-state index in [4.69, 9.17) is 0 Å². The second kappa shape index (κ2) is 6.45. The van der Waals surface area contributed by atoms with Crippen LogP contribution in [-0.2, 0) is 0 Å². The fourth-order valence-corrected chi connectivity index (χ4v) is 3.34. The number of nitrogens with zero attached hydrogens (tertiary/aromatic N) is 2. The first-order valence-electron chi connectivity index (χ1n) is 8.66. The van der Waals surface area contributed by atoms with E-state index in [0.717, 1.165) is 33.6 Å². The normalized spacial score (nSPS) is 13.8. The Kier molecular flexibility index (Phi) is 4.45. The standard InChI is InChI=1S/C22H26N2O2/c1-13-11-15(23(3)4)7-9-17(13)19-21(25)20(22(19)26)18-10-8-16(24(5)6)12-14(18)2/h7-12,25-26H,1-6H3. The van der Waals surface area contributed by atoms with Crippen molar-refractivity contribution in [3.8, 4) is 0 Å². The van der Waals surface area contributed by atoms with E-state index in [1.807, 2.05) is 76.1 Å². The third-order valence-corrected chi connectivity index (χ3v) is 4.94. The van der Waals surface area contributed by atoms with Gasteiger partial charge in [-0.05, 0) is 60.4 Å². The zero-order valence-electron chi connectivity index (χ0n) is 16.3. The molecule has 4 nitrogen and oxygen atoms in total. The maximum atomic E-state index is 10.7. The van der Waals surface area contributed by atoms with E-state index >= 15 is 0 Å². The van der Waals surface area contributed by atoms with Gasteiger partial charge in [0, 0.05) is 39.6 Å². The highest BCUT2D eigenvalue weighted by Gasteiger charge is 2.33. The molecule has 0 spiro atoms. The highest BCUT2D eigenvalue weighted by molar-refractivity contribution is 6.07. The van der Waals surface area contributed by atoms with Gasteiger partial charge in [-0.3, -0.25) is 0 Å². The van der Waals surface area contributed by atoms with E-state index in [2.05, 4.69) is 12.1 Å². The van der Waals surface area contributed by atoms with E-state index in [1.165, 1.54) is 0 Å². The second-order valence-corrected chi connectivity index (χ2v) is 7.23. The van der Waals surface area contributed by atoms with Gasteiger partial charge >= 0.3 is 0 Å². The van der Waals surface area contributed by atoms with Crippen LogP contribution in [0.4, 0.5) is 11.4 Å². The van der Waals surface area contributed by atoms with Crippen LogP contribution in [0.5, 0.6) is 0 Å². The van der Waals surface area contributed by atoms with Crippen molar-refractivity contribution in [1.29, 1.82) is 0 Å². The fourth-order valence-electron chi connectivity index (χ4n) is 3.34. The molecule has 0 saturated heterocycles. The van der Waals surface area contributed by atoms with Crippen LogP contribution in [0.2, 0.25) is 0 Å². The average Bonchev–Trinajstić information content (AvgIpc) is 2.58. The maximum absolute atomic E-state index is 10.7. The highest BCUT2D eigenvalue weighted by atomic mass is 16.3. The summed E-state index contributed by atoms with van der Waals surface area (Å²) >= 11 is 0. The van der Waals surface area contributed by atoms with Crippen molar-refractivity contribution < 1.29 is 10.2 Å². The molecule has 0 saturated carbocycles. The number of anilines is 2. The SMILES string of the molecule is Cc1cc(N(C)C)ccc1C1=C(O)C(c2ccc(N(C)C)cc2C)=C1O. The molecule has 0 unspecified atom stereocenters. The Labute approximate surface area is 155 Å². The fraction of sp³-hybridized carbons (Fsp3) is 0.273. The Morgan fingerprint density at radius 2 is 0.962 bits per heavy atom. The van der Waals surface area contributed by atoms with Crippen molar-refractivity contribution >= 4 is 22.5 Å². The van der Waals surface area contributed by atoms with Gasteiger partial charge in [0.2, 0.25) is 0 Å². The van der Waals surface area contributed by atoms with Gasteiger partial charge in [0.15, 0.2) is 0 Å². The third kappa shape index (κ3) is 2.81. The molecule has 2 aromatic carbocycles. The van der Waals surface area contributed by atoms with Gasteiger partial charge in [-0.2, -0.15) is 0 Å². The van der Waals surface area contributed by atoms with Crippen LogP contribution >= 0.6 is 0 Å². The average molecular weight is 350 g/mol. The zero-order chi connectivity index (χ0) is 19.2. The molecule has 0 bridgehead atoms. The number of aryl methyl sites for hydroxylation is 2. The Morgan fingerprint density at radius 1 is 0.615 bits per heavy atom. The van der Waals surface area contributed by atoms with Gasteiger partial charge in [0.25, 0.3) is 0 Å². The summed E-state index contributed by atoms with van der Waals surface area (Å²) in [4.78, 5) is 4.06. The lowest BCUT2D eigenvalue weighted by molar-refractivity contribution is 0.390. The summed E-state index contributed by atoms with van der Waals surface area (Å²) in [6.07, 6.45) is 0. The number of benzene rings is 2. The third-order valence-electron chi connectivity index (χ3n) is 4.94. The topological polar surface area (TPSA) is 46.9 Å². The number of hydrogen-bond donors (Lipinski definition) is 2. The molecule has 136 valence electrons. The molecule has 0 aliphatic heterocycles. The summed E-state index contributed by atoms with van der Waals surface area (Å²) in [6.45, 7) is 3.98. The lowest BCUT2D eigenvalue weighted by atomic mass is 9.81. The number of aliphatic hydroxyl groups excluding tert-OH is 2. The number of aliphatic hydroxyl groups is 2. The molecular formula is C22H26N2O2. The molecule has 26 heavy (non-hydrogen) atoms. The molecule has 0 fully saturated rings. The summed E-state index contributed by atoms with van der Waals surface area (Å²) in [5.41, 5.74) is 6.98. The first-order chi connectivity index (χ1) is 12.2. The van der Waals surface area contributed by atoms with Crippen LogP contribution in [0, 0.1) is 13.8 Å². The lowest BCUT2D eigenvalue weighted by Crippen LogP contribution is -2.14. The van der Waals surface area contributed by atoms with Gasteiger partial charge in [0.05, 0.1) is 11.1 Å². The Balaban J connectivity index is 1.99. The molecule has 2 N–H and O–H groups in total. The molecule has 1 aliphatic carbocycles. The van der Waals surface area contributed by atoms with E-state index in [9.17, 15) is 10.2 Å². The van der Waals surface area contributed by atoms with Crippen molar-refractivity contribution in [2.45, 2.75) is 13.8 Å². The van der Waals surface area contributed by atoms with E-state index < -0.39 is 0 Å². The minimum Gasteiger partial charge on any atom is -0.506 e. The number of allylic oxidation sites excluding steroid dienone is 2. The predicted molar refractivity (Wildman–Crippen MR) is 110 cm³/mol. The quantitative estimate of drug-likeness (QED) is 0.840. The summed E-state index contributed by atoms with van der Waals surface area (Å²) in [6, 6.07) is 12.0. The van der Waals surface area contributed by atoms with E-state index in [1.54, 1.807) is 0 Å². The van der Waals surface area contributed by atoms with Gasteiger partial charge in [-0.25, -0.2) is 0 Å². The summed E-state index contributed by atoms with van der Waals surface area (Å²) in [5, 5.41) is 21.4. The van der Waals surface area contributed by atoms with Crippen LogP contribution in [-0.4, -0.2) is 38.4 Å². The molecular weight excluding hydrogens is 324 g/mol. The lowest BCUT2D eigenvalue weighted by Gasteiger charge is -2.27. The monoisotopic (exact) mass is 350 g/mol. The van der Waals surface area contributed by atoms with E-state index in [0.29, 0.717) is 11.1 Å². The summed E-state index contributed by atoms with van der Waals surface area (Å²) in [5.74, 6) is 0.313. The van der Waals surface area contributed by atoms with Gasteiger partial charge < -0.3 is 20.0 Å². The zero-order valence-corrected chi connectivity index (χ0v) is 16.3. The molecule has 0 amide bonds. The Bertz CT molecular complexity index is 849. The first-order valence-corrected chi connectivity index (χ1v) is 8.66. The number of rotatable bonds is 4. The van der Waals surface area contributed by atoms with Gasteiger partial charge in [0.1, 0.15) is 11.5 Å². The van der Waals surface area contributed by atoms with Crippen molar-refractivity contribution in [1.82, 2.24) is 0 Å². The van der Waals surface area contributed by atoms with Crippen molar-refractivity contribution in [2.75, 3.05) is 38.0 Å². The minimum absolute atomic E-state index is 0.156. The molecule has 4 heteroatoms. The summed E-state index contributed by atoms with van der Waals surface area (Å²) in [7, 11) is 7.96. The molecule has 0 heterocycles. The van der Waals surface area contributed by atoms with Crippen molar-refractivity contribution in [2.24, 2.45) is 0 Å². The Morgan fingerprint density at radius 3 is 1.23 bits per heavy atom. The molecule has 0 atom stereocenters. The van der Waals surface area contributed by atoms with Crippen molar-refractivity contribution in [3.63, 3.8) is 0 Å².